The van der Waals surface area contributed by atoms with Crippen LogP contribution in [0.3, 0.4) is 0 Å². The summed E-state index contributed by atoms with van der Waals surface area (Å²) in [6, 6.07) is 27.8. The molecular formula is C37H32O6. The minimum Gasteiger partial charge on any atom is -0.497 e. The van der Waals surface area contributed by atoms with E-state index in [2.05, 4.69) is 18.2 Å². The summed E-state index contributed by atoms with van der Waals surface area (Å²) in [6.45, 7) is 1.85. The van der Waals surface area contributed by atoms with Crippen LogP contribution in [0.25, 0.3) is 28.0 Å². The van der Waals surface area contributed by atoms with E-state index in [0.29, 0.717) is 17.2 Å². The van der Waals surface area contributed by atoms with E-state index >= 15 is 0 Å². The van der Waals surface area contributed by atoms with Crippen molar-refractivity contribution in [2.45, 2.75) is 18.1 Å². The SMILES string of the molecule is COc1ccc(C2(c3ccc(OC)cc3)C=Cc3c4c(c5cc(OC)c(OC)cc5c3O2)-c2ccccc2C4(C)O)cc1. The summed E-state index contributed by atoms with van der Waals surface area (Å²) >= 11 is 0. The van der Waals surface area contributed by atoms with Gasteiger partial charge in [-0.2, -0.15) is 0 Å². The Hall–Kier alpha value is -4.94. The van der Waals surface area contributed by atoms with Crippen LogP contribution >= 0.6 is 0 Å². The lowest BCUT2D eigenvalue weighted by Crippen LogP contribution is -2.35. The molecule has 1 atom stereocenters. The monoisotopic (exact) mass is 572 g/mol. The van der Waals surface area contributed by atoms with E-state index in [1.54, 1.807) is 28.4 Å². The lowest BCUT2D eigenvalue weighted by atomic mass is 9.80. The molecule has 1 heterocycles. The quantitative estimate of drug-likeness (QED) is 0.228. The molecule has 0 spiro atoms. The van der Waals surface area contributed by atoms with Crippen molar-refractivity contribution in [3.05, 3.63) is 119 Å². The predicted octanol–water partition coefficient (Wildman–Crippen LogP) is 7.46. The summed E-state index contributed by atoms with van der Waals surface area (Å²) in [5.74, 6) is 3.35. The molecule has 1 unspecified atom stereocenters. The van der Waals surface area contributed by atoms with Gasteiger partial charge >= 0.3 is 0 Å². The molecule has 0 aromatic heterocycles. The summed E-state index contributed by atoms with van der Waals surface area (Å²) in [6.07, 6.45) is 4.16. The molecule has 1 aliphatic heterocycles. The molecule has 216 valence electrons. The van der Waals surface area contributed by atoms with Gasteiger partial charge in [0.1, 0.15) is 22.8 Å². The van der Waals surface area contributed by atoms with Gasteiger partial charge < -0.3 is 28.8 Å². The van der Waals surface area contributed by atoms with Gasteiger partial charge in [0.15, 0.2) is 17.1 Å². The first-order valence-corrected chi connectivity index (χ1v) is 14.1. The van der Waals surface area contributed by atoms with Crippen molar-refractivity contribution in [2.75, 3.05) is 28.4 Å². The van der Waals surface area contributed by atoms with Crippen molar-refractivity contribution in [2.24, 2.45) is 0 Å². The first-order chi connectivity index (χ1) is 20.9. The molecule has 1 N–H and O–H groups in total. The Kier molecular flexibility index (Phi) is 6.15. The summed E-state index contributed by atoms with van der Waals surface area (Å²) in [5.41, 5.74) is 4.04. The molecule has 5 aromatic rings. The molecule has 0 amide bonds. The molecule has 0 saturated heterocycles. The molecular weight excluding hydrogens is 540 g/mol. The van der Waals surface area contributed by atoms with Gasteiger partial charge in [0.05, 0.1) is 28.4 Å². The highest BCUT2D eigenvalue weighted by atomic mass is 16.5. The van der Waals surface area contributed by atoms with Crippen molar-refractivity contribution < 1.29 is 28.8 Å². The summed E-state index contributed by atoms with van der Waals surface area (Å²) in [7, 11) is 6.56. The van der Waals surface area contributed by atoms with Gasteiger partial charge in [0.2, 0.25) is 0 Å². The van der Waals surface area contributed by atoms with Crippen LogP contribution in [0.4, 0.5) is 0 Å². The number of methoxy groups -OCH3 is 4. The zero-order valence-corrected chi connectivity index (χ0v) is 24.7. The predicted molar refractivity (Wildman–Crippen MR) is 168 cm³/mol. The number of ether oxygens (including phenoxy) is 5. The van der Waals surface area contributed by atoms with Gasteiger partial charge in [0, 0.05) is 27.6 Å². The van der Waals surface area contributed by atoms with Gasteiger partial charge in [-0.25, -0.2) is 0 Å². The van der Waals surface area contributed by atoms with Gasteiger partial charge in [-0.1, -0.05) is 54.6 Å². The topological polar surface area (TPSA) is 66.4 Å². The zero-order chi connectivity index (χ0) is 29.9. The van der Waals surface area contributed by atoms with Crippen LogP contribution in [0, 0.1) is 0 Å². The minimum absolute atomic E-state index is 0.591. The Morgan fingerprint density at radius 3 is 1.79 bits per heavy atom. The van der Waals surface area contributed by atoms with Crippen LogP contribution in [0.1, 0.15) is 34.7 Å². The maximum atomic E-state index is 12.1. The fraction of sp³-hybridized carbons (Fsp3) is 0.189. The minimum atomic E-state index is -1.24. The van der Waals surface area contributed by atoms with Gasteiger partial charge in [-0.05, 0) is 71.5 Å². The molecule has 0 radical (unpaired) electrons. The Morgan fingerprint density at radius 2 is 1.23 bits per heavy atom. The third-order valence-electron chi connectivity index (χ3n) is 8.79. The molecule has 7 rings (SSSR count). The van der Waals surface area contributed by atoms with Crippen molar-refractivity contribution >= 4 is 16.8 Å². The average Bonchev–Trinajstić information content (AvgIpc) is 3.30. The second-order valence-corrected chi connectivity index (χ2v) is 11.0. The Bertz CT molecular complexity index is 1850. The van der Waals surface area contributed by atoms with Crippen LogP contribution in [0.2, 0.25) is 0 Å². The first-order valence-electron chi connectivity index (χ1n) is 14.1. The van der Waals surface area contributed by atoms with E-state index in [1.807, 2.05) is 85.8 Å². The van der Waals surface area contributed by atoms with E-state index in [9.17, 15) is 5.11 Å². The molecule has 5 aromatic carbocycles. The molecule has 6 heteroatoms. The van der Waals surface area contributed by atoms with Crippen molar-refractivity contribution in [3.8, 4) is 39.9 Å². The number of hydrogen-bond acceptors (Lipinski definition) is 6. The van der Waals surface area contributed by atoms with Crippen LogP contribution in [-0.4, -0.2) is 33.5 Å². The fourth-order valence-corrected chi connectivity index (χ4v) is 6.67. The summed E-state index contributed by atoms with van der Waals surface area (Å²) in [5, 5.41) is 13.9. The zero-order valence-electron chi connectivity index (χ0n) is 24.7. The maximum absolute atomic E-state index is 12.1. The molecule has 6 nitrogen and oxygen atoms in total. The average molecular weight is 573 g/mol. The summed E-state index contributed by atoms with van der Waals surface area (Å²) < 4.78 is 29.7. The van der Waals surface area contributed by atoms with E-state index in [1.165, 1.54) is 0 Å². The van der Waals surface area contributed by atoms with E-state index in [-0.39, 0.29) is 0 Å². The number of benzene rings is 5. The van der Waals surface area contributed by atoms with E-state index in [4.69, 9.17) is 23.7 Å². The van der Waals surface area contributed by atoms with Gasteiger partial charge in [0.25, 0.3) is 0 Å². The molecule has 0 bridgehead atoms. The highest BCUT2D eigenvalue weighted by Gasteiger charge is 2.45. The number of hydrogen-bond donors (Lipinski definition) is 1. The third-order valence-corrected chi connectivity index (χ3v) is 8.79. The molecule has 1 aliphatic carbocycles. The second kappa shape index (κ2) is 9.82. The second-order valence-electron chi connectivity index (χ2n) is 11.0. The number of rotatable bonds is 6. The van der Waals surface area contributed by atoms with Crippen LogP contribution in [0.5, 0.6) is 28.7 Å². The lowest BCUT2D eigenvalue weighted by molar-refractivity contribution is 0.105. The highest BCUT2D eigenvalue weighted by Crippen LogP contribution is 2.58. The van der Waals surface area contributed by atoms with Gasteiger partial charge in [-0.3, -0.25) is 0 Å². The van der Waals surface area contributed by atoms with E-state index < -0.39 is 11.2 Å². The summed E-state index contributed by atoms with van der Waals surface area (Å²) in [4.78, 5) is 0. The van der Waals surface area contributed by atoms with Crippen LogP contribution in [0.15, 0.2) is 91.0 Å². The number of fused-ring (bicyclic) bond motifs is 8. The smallest absolute Gasteiger partial charge is 0.178 e. The number of aliphatic hydroxyl groups is 1. The Labute approximate surface area is 250 Å². The lowest BCUT2D eigenvalue weighted by Gasteiger charge is -2.38. The van der Waals surface area contributed by atoms with Crippen molar-refractivity contribution in [3.63, 3.8) is 0 Å². The van der Waals surface area contributed by atoms with Crippen LogP contribution in [-0.2, 0) is 11.2 Å². The first kappa shape index (κ1) is 26.9. The maximum Gasteiger partial charge on any atom is 0.178 e. The highest BCUT2D eigenvalue weighted by molar-refractivity contribution is 6.09. The normalized spacial score (nSPS) is 17.4. The largest absolute Gasteiger partial charge is 0.497 e. The molecule has 43 heavy (non-hydrogen) atoms. The van der Waals surface area contributed by atoms with Crippen molar-refractivity contribution in [1.82, 2.24) is 0 Å². The molecule has 0 saturated carbocycles. The van der Waals surface area contributed by atoms with Crippen LogP contribution < -0.4 is 23.7 Å². The fourth-order valence-electron chi connectivity index (χ4n) is 6.67. The van der Waals surface area contributed by atoms with Gasteiger partial charge in [-0.15, -0.1) is 0 Å². The Morgan fingerprint density at radius 1 is 0.674 bits per heavy atom. The molecule has 0 fully saturated rings. The Balaban J connectivity index is 1.57. The third kappa shape index (κ3) is 3.83. The molecule has 2 aliphatic rings. The van der Waals surface area contributed by atoms with Crippen molar-refractivity contribution in [1.29, 1.82) is 0 Å². The standard InChI is InChI=1S/C37H32O6/c1-36(38)30-9-7-6-8-26(30)33-28-20-31(41-4)32(42-5)21-29(28)35-27(34(33)36)18-19-37(43-35,22-10-14-24(39-2)15-11-22)23-12-16-25(40-3)17-13-23/h6-21,38H,1-5H3. The van der Waals surface area contributed by atoms with E-state index in [0.717, 1.165) is 61.2 Å².